The van der Waals surface area contributed by atoms with Crippen LogP contribution in [0.15, 0.2) is 0 Å². The molecule has 1 aromatic heterocycles. The zero-order chi connectivity index (χ0) is 12.3. The summed E-state index contributed by atoms with van der Waals surface area (Å²) >= 11 is 0. The third-order valence-corrected chi connectivity index (χ3v) is 2.30. The summed E-state index contributed by atoms with van der Waals surface area (Å²) in [4.78, 5) is 10.4. The van der Waals surface area contributed by atoms with Gasteiger partial charge in [-0.25, -0.2) is 4.68 Å². The quantitative estimate of drug-likeness (QED) is 0.571. The second kappa shape index (κ2) is 4.93. The Balaban J connectivity index is 2.90. The molecule has 0 aliphatic carbocycles. The van der Waals surface area contributed by atoms with Crippen LogP contribution in [0.4, 0.5) is 11.5 Å². The van der Waals surface area contributed by atoms with Crippen molar-refractivity contribution >= 4 is 11.5 Å². The van der Waals surface area contributed by atoms with Crippen molar-refractivity contribution in [3.05, 3.63) is 15.8 Å². The van der Waals surface area contributed by atoms with Gasteiger partial charge in [0.25, 0.3) is 0 Å². The van der Waals surface area contributed by atoms with Gasteiger partial charge in [0.1, 0.15) is 5.69 Å². The molecule has 0 saturated heterocycles. The van der Waals surface area contributed by atoms with Crippen LogP contribution in [0.25, 0.3) is 0 Å². The molecule has 1 atom stereocenters. The third-order valence-electron chi connectivity index (χ3n) is 2.30. The van der Waals surface area contributed by atoms with E-state index in [1.807, 2.05) is 6.92 Å². The van der Waals surface area contributed by atoms with Crippen LogP contribution in [0, 0.1) is 23.0 Å². The maximum Gasteiger partial charge on any atom is 0.333 e. The zero-order valence-electron chi connectivity index (χ0n) is 9.60. The topological polar surface area (TPSA) is 93.2 Å². The van der Waals surface area contributed by atoms with Crippen molar-refractivity contribution in [2.75, 3.05) is 18.5 Å². The van der Waals surface area contributed by atoms with Crippen LogP contribution in [0.5, 0.6) is 0 Å². The molecule has 1 heterocycles. The summed E-state index contributed by atoms with van der Waals surface area (Å²) in [7, 11) is 1.64. The lowest BCUT2D eigenvalue weighted by Gasteiger charge is -2.10. The summed E-state index contributed by atoms with van der Waals surface area (Å²) in [5, 5.41) is 26.6. The number of aromatic nitrogens is 2. The van der Waals surface area contributed by atoms with E-state index >= 15 is 0 Å². The first-order chi connectivity index (χ1) is 7.47. The minimum atomic E-state index is -0.450. The lowest BCUT2D eigenvalue weighted by molar-refractivity contribution is -0.384. The van der Waals surface area contributed by atoms with Gasteiger partial charge in [0.15, 0.2) is 0 Å². The summed E-state index contributed by atoms with van der Waals surface area (Å²) in [5.74, 6) is 0.414. The maximum absolute atomic E-state index is 10.8. The molecule has 1 rings (SSSR count). The second-order valence-electron chi connectivity index (χ2n) is 3.83. The summed E-state index contributed by atoms with van der Waals surface area (Å²) in [6, 6.07) is 0. The van der Waals surface area contributed by atoms with E-state index in [1.54, 1.807) is 14.0 Å². The molecule has 2 N–H and O–H groups in total. The van der Waals surface area contributed by atoms with Crippen molar-refractivity contribution < 1.29 is 10.0 Å². The molecule has 0 amide bonds. The standard InChI is InChI=1S/C9H16N4O3/c1-6(5-14)4-10-9-8(13(15)16)7(2)11-12(9)3/h6,10,14H,4-5H2,1-3H3. The summed E-state index contributed by atoms with van der Waals surface area (Å²) < 4.78 is 1.44. The number of nitro groups is 1. The number of nitrogens with zero attached hydrogens (tertiary/aromatic N) is 3. The molecule has 1 aromatic rings. The molecule has 0 spiro atoms. The Hall–Kier alpha value is -1.63. The molecule has 0 saturated carbocycles. The first kappa shape index (κ1) is 12.4. The number of rotatable bonds is 5. The Labute approximate surface area is 93.2 Å². The van der Waals surface area contributed by atoms with E-state index in [4.69, 9.17) is 5.11 Å². The van der Waals surface area contributed by atoms with E-state index < -0.39 is 4.92 Å². The van der Waals surface area contributed by atoms with Gasteiger partial charge in [0, 0.05) is 20.2 Å². The predicted molar refractivity (Wildman–Crippen MR) is 59.3 cm³/mol. The van der Waals surface area contributed by atoms with Crippen molar-refractivity contribution in [3.8, 4) is 0 Å². The average molecular weight is 228 g/mol. The molecule has 7 heteroatoms. The van der Waals surface area contributed by atoms with E-state index in [0.717, 1.165) is 0 Å². The van der Waals surface area contributed by atoms with E-state index in [2.05, 4.69) is 10.4 Å². The van der Waals surface area contributed by atoms with Crippen LogP contribution >= 0.6 is 0 Å². The van der Waals surface area contributed by atoms with E-state index in [1.165, 1.54) is 4.68 Å². The second-order valence-corrected chi connectivity index (χ2v) is 3.83. The fraction of sp³-hybridized carbons (Fsp3) is 0.667. The summed E-state index contributed by atoms with van der Waals surface area (Å²) in [6.45, 7) is 3.95. The predicted octanol–water partition coefficient (Wildman–Crippen LogP) is 0.677. The average Bonchev–Trinajstić information content (AvgIpc) is 2.49. The number of hydrogen-bond acceptors (Lipinski definition) is 5. The molecule has 1 unspecified atom stereocenters. The van der Waals surface area contributed by atoms with Crippen molar-refractivity contribution in [2.24, 2.45) is 13.0 Å². The van der Waals surface area contributed by atoms with Crippen LogP contribution in [-0.2, 0) is 7.05 Å². The van der Waals surface area contributed by atoms with Gasteiger partial charge < -0.3 is 10.4 Å². The fourth-order valence-corrected chi connectivity index (χ4v) is 1.40. The highest BCUT2D eigenvalue weighted by molar-refractivity contribution is 5.59. The molecule has 0 aliphatic heterocycles. The Bertz CT molecular complexity index is 388. The Morgan fingerprint density at radius 2 is 2.31 bits per heavy atom. The number of hydrogen-bond donors (Lipinski definition) is 2. The van der Waals surface area contributed by atoms with Gasteiger partial charge in [-0.2, -0.15) is 5.10 Å². The molecular formula is C9H16N4O3. The van der Waals surface area contributed by atoms with Gasteiger partial charge >= 0.3 is 5.69 Å². The highest BCUT2D eigenvalue weighted by Crippen LogP contribution is 2.27. The molecule has 0 aliphatic rings. The molecule has 90 valence electrons. The van der Waals surface area contributed by atoms with Gasteiger partial charge in [-0.15, -0.1) is 0 Å². The van der Waals surface area contributed by atoms with Gasteiger partial charge in [-0.1, -0.05) is 6.92 Å². The number of aryl methyl sites for hydroxylation is 2. The Morgan fingerprint density at radius 1 is 1.69 bits per heavy atom. The highest BCUT2D eigenvalue weighted by Gasteiger charge is 2.23. The SMILES string of the molecule is Cc1nn(C)c(NCC(C)CO)c1[N+](=O)[O-]. The normalized spacial score (nSPS) is 12.5. The van der Waals surface area contributed by atoms with Crippen LogP contribution in [-0.4, -0.2) is 33.0 Å². The Kier molecular flexibility index (Phi) is 3.83. The number of aliphatic hydroxyl groups is 1. The molecule has 0 radical (unpaired) electrons. The minimum Gasteiger partial charge on any atom is -0.396 e. The molecular weight excluding hydrogens is 212 g/mol. The monoisotopic (exact) mass is 228 g/mol. The lowest BCUT2D eigenvalue weighted by Crippen LogP contribution is -2.16. The first-order valence-electron chi connectivity index (χ1n) is 5.00. The smallest absolute Gasteiger partial charge is 0.333 e. The van der Waals surface area contributed by atoms with Gasteiger partial charge in [0.2, 0.25) is 5.82 Å². The molecule has 7 nitrogen and oxygen atoms in total. The van der Waals surface area contributed by atoms with Crippen molar-refractivity contribution in [1.82, 2.24) is 9.78 Å². The van der Waals surface area contributed by atoms with Crippen molar-refractivity contribution in [2.45, 2.75) is 13.8 Å². The largest absolute Gasteiger partial charge is 0.396 e. The zero-order valence-corrected chi connectivity index (χ0v) is 9.60. The highest BCUT2D eigenvalue weighted by atomic mass is 16.6. The molecule has 0 aromatic carbocycles. The minimum absolute atomic E-state index is 0.00682. The number of aliphatic hydroxyl groups excluding tert-OH is 1. The lowest BCUT2D eigenvalue weighted by atomic mass is 10.2. The van der Waals surface area contributed by atoms with Gasteiger partial charge in [0.05, 0.1) is 4.92 Å². The molecule has 0 fully saturated rings. The van der Waals surface area contributed by atoms with Crippen LogP contribution in [0.2, 0.25) is 0 Å². The van der Waals surface area contributed by atoms with E-state index in [0.29, 0.717) is 18.1 Å². The molecule has 0 bridgehead atoms. The summed E-state index contributed by atoms with van der Waals surface area (Å²) in [5.41, 5.74) is 0.374. The van der Waals surface area contributed by atoms with E-state index in [9.17, 15) is 10.1 Å². The van der Waals surface area contributed by atoms with Gasteiger partial charge in [-0.3, -0.25) is 10.1 Å². The summed E-state index contributed by atoms with van der Waals surface area (Å²) in [6.07, 6.45) is 0. The first-order valence-corrected chi connectivity index (χ1v) is 5.00. The van der Waals surface area contributed by atoms with Crippen LogP contribution in [0.1, 0.15) is 12.6 Å². The van der Waals surface area contributed by atoms with Gasteiger partial charge in [-0.05, 0) is 12.8 Å². The van der Waals surface area contributed by atoms with Crippen molar-refractivity contribution in [3.63, 3.8) is 0 Å². The van der Waals surface area contributed by atoms with Crippen molar-refractivity contribution in [1.29, 1.82) is 0 Å². The van der Waals surface area contributed by atoms with Crippen LogP contribution < -0.4 is 5.32 Å². The van der Waals surface area contributed by atoms with Crippen LogP contribution in [0.3, 0.4) is 0 Å². The van der Waals surface area contributed by atoms with E-state index in [-0.39, 0.29) is 18.2 Å². The number of anilines is 1. The fourth-order valence-electron chi connectivity index (χ4n) is 1.40. The molecule has 16 heavy (non-hydrogen) atoms. The Morgan fingerprint density at radius 3 is 2.81 bits per heavy atom. The maximum atomic E-state index is 10.8. The third kappa shape index (κ3) is 2.48. The number of nitrogens with one attached hydrogen (secondary N) is 1.